The number of aromatic amines is 1. The Morgan fingerprint density at radius 1 is 1.00 bits per heavy atom. The molecule has 1 aliphatic heterocycles. The van der Waals surface area contributed by atoms with Crippen molar-refractivity contribution in [2.75, 3.05) is 26.1 Å². The zero-order chi connectivity index (χ0) is 24.5. The summed E-state index contributed by atoms with van der Waals surface area (Å²) in [5.74, 6) is 0.643. The van der Waals surface area contributed by atoms with Gasteiger partial charge in [-0.3, -0.25) is 14.7 Å². The number of hydrogen-bond acceptors (Lipinski definition) is 4. The Hall–Kier alpha value is -4.39. The minimum atomic E-state index is -0.376. The van der Waals surface area contributed by atoms with E-state index in [0.29, 0.717) is 5.56 Å². The highest BCUT2D eigenvalue weighted by atomic mass is 16.5. The molecule has 1 N–H and O–H groups in total. The highest BCUT2D eigenvalue weighted by molar-refractivity contribution is 6.00. The first-order valence-corrected chi connectivity index (χ1v) is 11.4. The molecule has 0 aliphatic carbocycles. The largest absolute Gasteiger partial charge is 0.497 e. The van der Waals surface area contributed by atoms with Crippen LogP contribution in [0.4, 0.5) is 5.69 Å². The van der Waals surface area contributed by atoms with E-state index in [1.54, 1.807) is 33.3 Å². The lowest BCUT2D eigenvalue weighted by Gasteiger charge is -2.36. The monoisotopic (exact) mass is 466 g/mol. The molecule has 4 aromatic rings. The first kappa shape index (κ1) is 22.4. The van der Waals surface area contributed by atoms with Gasteiger partial charge in [0.2, 0.25) is 5.91 Å². The Labute approximate surface area is 204 Å². The van der Waals surface area contributed by atoms with Crippen molar-refractivity contribution in [3.8, 4) is 17.0 Å². The van der Waals surface area contributed by atoms with Gasteiger partial charge in [-0.1, -0.05) is 30.3 Å². The minimum Gasteiger partial charge on any atom is -0.497 e. The maximum absolute atomic E-state index is 13.5. The van der Waals surface area contributed by atoms with Crippen LogP contribution in [0.25, 0.3) is 11.3 Å². The van der Waals surface area contributed by atoms with Crippen LogP contribution in [0.15, 0.2) is 78.9 Å². The van der Waals surface area contributed by atoms with Crippen LogP contribution in [0.5, 0.6) is 5.75 Å². The summed E-state index contributed by atoms with van der Waals surface area (Å²) in [6.45, 7) is 0. The molecule has 35 heavy (non-hydrogen) atoms. The number of benzene rings is 3. The summed E-state index contributed by atoms with van der Waals surface area (Å²) in [7, 11) is 5.08. The quantitative estimate of drug-likeness (QED) is 0.471. The van der Waals surface area contributed by atoms with Crippen LogP contribution in [-0.2, 0) is 11.2 Å². The molecule has 7 nitrogen and oxygen atoms in total. The molecule has 0 spiro atoms. The van der Waals surface area contributed by atoms with Crippen LogP contribution in [-0.4, -0.2) is 48.1 Å². The fourth-order valence-electron chi connectivity index (χ4n) is 4.56. The van der Waals surface area contributed by atoms with Gasteiger partial charge in [-0.25, -0.2) is 0 Å². The number of amides is 2. The Balaban J connectivity index is 1.64. The lowest BCUT2D eigenvalue weighted by atomic mass is 9.88. The summed E-state index contributed by atoms with van der Waals surface area (Å²) >= 11 is 0. The van der Waals surface area contributed by atoms with Crippen molar-refractivity contribution in [3.05, 3.63) is 101 Å². The zero-order valence-electron chi connectivity index (χ0n) is 19.9. The standard InChI is InChI=1S/C28H26N4O3/c1-31(2)28(34)20-9-13-21(14-10-20)32-24(33)17-23-25(27(32)19-7-5-4-6-8-19)26(30-29-23)18-11-15-22(35-3)16-12-18/h4-16,27H,17H2,1-3H3,(H,29,30). The van der Waals surface area contributed by atoms with Crippen LogP contribution in [0.3, 0.4) is 0 Å². The van der Waals surface area contributed by atoms with Crippen LogP contribution in [0.1, 0.15) is 33.2 Å². The molecule has 0 radical (unpaired) electrons. The highest BCUT2D eigenvalue weighted by Crippen LogP contribution is 2.42. The number of nitrogens with zero attached hydrogens (tertiary/aromatic N) is 3. The van der Waals surface area contributed by atoms with Crippen molar-refractivity contribution in [3.63, 3.8) is 0 Å². The number of ether oxygens (including phenoxy) is 1. The van der Waals surface area contributed by atoms with Gasteiger partial charge >= 0.3 is 0 Å². The molecule has 1 atom stereocenters. The Morgan fingerprint density at radius 2 is 1.69 bits per heavy atom. The fraction of sp³-hybridized carbons (Fsp3) is 0.179. The van der Waals surface area contributed by atoms with Crippen molar-refractivity contribution in [2.45, 2.75) is 12.5 Å². The van der Waals surface area contributed by atoms with Crippen LogP contribution in [0.2, 0.25) is 0 Å². The number of aromatic nitrogens is 2. The number of carbonyl (C=O) groups excluding carboxylic acids is 2. The number of fused-ring (bicyclic) bond motifs is 1. The van der Waals surface area contributed by atoms with Gasteiger partial charge in [0.15, 0.2) is 0 Å². The molecule has 1 aliphatic rings. The average Bonchev–Trinajstić information content (AvgIpc) is 3.31. The number of H-pyrrole nitrogens is 1. The smallest absolute Gasteiger partial charge is 0.253 e. The summed E-state index contributed by atoms with van der Waals surface area (Å²) in [6, 6.07) is 24.5. The van der Waals surface area contributed by atoms with Crippen LogP contribution < -0.4 is 9.64 Å². The van der Waals surface area contributed by atoms with Crippen molar-refractivity contribution in [1.82, 2.24) is 15.1 Å². The molecule has 0 saturated carbocycles. The molecular formula is C28H26N4O3. The van der Waals surface area contributed by atoms with Gasteiger partial charge in [0.1, 0.15) is 5.75 Å². The zero-order valence-corrected chi connectivity index (χ0v) is 19.9. The topological polar surface area (TPSA) is 78.5 Å². The molecule has 0 fully saturated rings. The third-order valence-corrected chi connectivity index (χ3v) is 6.29. The maximum atomic E-state index is 13.5. The third kappa shape index (κ3) is 4.05. The predicted molar refractivity (Wildman–Crippen MR) is 135 cm³/mol. The van der Waals surface area contributed by atoms with Gasteiger partial charge in [-0.2, -0.15) is 5.10 Å². The molecule has 1 aromatic heterocycles. The summed E-state index contributed by atoms with van der Waals surface area (Å²) in [5.41, 5.74) is 5.79. The van der Waals surface area contributed by atoms with Crippen molar-refractivity contribution in [2.24, 2.45) is 0 Å². The second kappa shape index (κ2) is 9.10. The number of methoxy groups -OCH3 is 1. The van der Waals surface area contributed by atoms with Gasteiger partial charge in [0.05, 0.1) is 31.0 Å². The van der Waals surface area contributed by atoms with Crippen molar-refractivity contribution >= 4 is 17.5 Å². The van der Waals surface area contributed by atoms with Gasteiger partial charge < -0.3 is 14.5 Å². The lowest BCUT2D eigenvalue weighted by Crippen LogP contribution is -2.41. The number of carbonyl (C=O) groups is 2. The molecule has 2 amide bonds. The van der Waals surface area contributed by atoms with Gasteiger partial charge in [0, 0.05) is 36.5 Å². The number of rotatable bonds is 5. The molecule has 1 unspecified atom stereocenters. The van der Waals surface area contributed by atoms with Crippen molar-refractivity contribution < 1.29 is 14.3 Å². The first-order chi connectivity index (χ1) is 17.0. The van der Waals surface area contributed by atoms with E-state index >= 15 is 0 Å². The van der Waals surface area contributed by atoms with Crippen LogP contribution >= 0.6 is 0 Å². The SMILES string of the molecule is COc1ccc(-c2n[nH]c3c2C(c2ccccc2)N(c2ccc(C(=O)N(C)C)cc2)C(=O)C3)cc1. The fourth-order valence-corrected chi connectivity index (χ4v) is 4.56. The van der Waals surface area contributed by atoms with E-state index in [1.165, 1.54) is 4.90 Å². The van der Waals surface area contributed by atoms with Gasteiger partial charge in [-0.05, 0) is 54.1 Å². The predicted octanol–water partition coefficient (Wildman–Crippen LogP) is 4.47. The Bertz CT molecular complexity index is 1360. The molecule has 7 heteroatoms. The summed E-state index contributed by atoms with van der Waals surface area (Å²) in [4.78, 5) is 29.2. The van der Waals surface area contributed by atoms with E-state index in [1.807, 2.05) is 71.6 Å². The second-order valence-corrected chi connectivity index (χ2v) is 8.69. The Kier molecular flexibility index (Phi) is 5.82. The molecular weight excluding hydrogens is 440 g/mol. The van der Waals surface area contributed by atoms with E-state index in [4.69, 9.17) is 4.74 Å². The first-order valence-electron chi connectivity index (χ1n) is 11.4. The van der Waals surface area contributed by atoms with Crippen molar-refractivity contribution in [1.29, 1.82) is 0 Å². The van der Waals surface area contributed by atoms with E-state index in [2.05, 4.69) is 10.2 Å². The lowest BCUT2D eigenvalue weighted by molar-refractivity contribution is -0.118. The molecule has 176 valence electrons. The second-order valence-electron chi connectivity index (χ2n) is 8.69. The molecule has 3 aromatic carbocycles. The number of nitrogens with one attached hydrogen (secondary N) is 1. The van der Waals surface area contributed by atoms with Crippen LogP contribution in [0, 0.1) is 0 Å². The van der Waals surface area contributed by atoms with E-state index < -0.39 is 0 Å². The summed E-state index contributed by atoms with van der Waals surface area (Å²) in [5, 5.41) is 7.74. The normalized spacial score (nSPS) is 15.0. The maximum Gasteiger partial charge on any atom is 0.253 e. The molecule has 2 heterocycles. The van der Waals surface area contributed by atoms with Gasteiger partial charge in [-0.15, -0.1) is 0 Å². The van der Waals surface area contributed by atoms with E-state index in [-0.39, 0.29) is 24.3 Å². The van der Waals surface area contributed by atoms with E-state index in [0.717, 1.165) is 39.5 Å². The molecule has 0 saturated heterocycles. The Morgan fingerprint density at radius 3 is 2.31 bits per heavy atom. The molecule has 0 bridgehead atoms. The summed E-state index contributed by atoms with van der Waals surface area (Å²) < 4.78 is 5.31. The highest BCUT2D eigenvalue weighted by Gasteiger charge is 2.38. The number of hydrogen-bond donors (Lipinski definition) is 1. The molecule has 5 rings (SSSR count). The average molecular weight is 467 g/mol. The third-order valence-electron chi connectivity index (χ3n) is 6.29. The minimum absolute atomic E-state index is 0.0389. The van der Waals surface area contributed by atoms with Gasteiger partial charge in [0.25, 0.3) is 5.91 Å². The summed E-state index contributed by atoms with van der Waals surface area (Å²) in [6.07, 6.45) is 0.209. The van der Waals surface area contributed by atoms with E-state index in [9.17, 15) is 9.59 Å². The number of anilines is 1.